The zero-order chi connectivity index (χ0) is 19.5. The summed E-state index contributed by atoms with van der Waals surface area (Å²) < 4.78 is 1.41. The lowest BCUT2D eigenvalue weighted by Gasteiger charge is -2.07. The van der Waals surface area contributed by atoms with Gasteiger partial charge in [-0.1, -0.05) is 54.1 Å². The molecule has 0 spiro atoms. The number of rotatable bonds is 5. The van der Waals surface area contributed by atoms with Crippen molar-refractivity contribution in [2.75, 3.05) is 5.32 Å². The first-order chi connectivity index (χ1) is 13.6. The van der Waals surface area contributed by atoms with Gasteiger partial charge in [-0.2, -0.15) is 9.50 Å². The number of fused-ring (bicyclic) bond motifs is 1. The Kier molecular flexibility index (Phi) is 4.90. The summed E-state index contributed by atoms with van der Waals surface area (Å²) in [6.45, 7) is 0. The van der Waals surface area contributed by atoms with Crippen LogP contribution in [-0.4, -0.2) is 25.5 Å². The topological polar surface area (TPSA) is 92.1 Å². The molecule has 0 atom stereocenters. The van der Waals surface area contributed by atoms with Crippen molar-refractivity contribution in [2.24, 2.45) is 0 Å². The molecule has 28 heavy (non-hydrogen) atoms. The van der Waals surface area contributed by atoms with Crippen molar-refractivity contribution in [3.63, 3.8) is 0 Å². The highest BCUT2D eigenvalue weighted by atomic mass is 35.5. The van der Waals surface area contributed by atoms with Crippen LogP contribution in [0.3, 0.4) is 0 Å². The molecule has 2 heterocycles. The van der Waals surface area contributed by atoms with Crippen LogP contribution in [0.1, 0.15) is 21.7 Å². The van der Waals surface area contributed by atoms with Gasteiger partial charge in [0.25, 0.3) is 11.5 Å². The SMILES string of the molecule is O=C(Nc1cc(=O)[nH]c2nc(CCc3ccccc3)nn12)c1ccccc1Cl. The number of H-pyrrole nitrogens is 1. The van der Waals surface area contributed by atoms with Gasteiger partial charge in [0.2, 0.25) is 5.78 Å². The van der Waals surface area contributed by atoms with E-state index in [1.165, 1.54) is 16.1 Å². The molecule has 2 N–H and O–H groups in total. The highest BCUT2D eigenvalue weighted by molar-refractivity contribution is 6.34. The molecule has 0 aliphatic rings. The second-order valence-corrected chi connectivity index (χ2v) is 6.61. The summed E-state index contributed by atoms with van der Waals surface area (Å²) in [6.07, 6.45) is 1.37. The molecule has 140 valence electrons. The van der Waals surface area contributed by atoms with E-state index in [9.17, 15) is 9.59 Å². The van der Waals surface area contributed by atoms with E-state index in [4.69, 9.17) is 11.6 Å². The average molecular weight is 394 g/mol. The number of halogens is 1. The minimum atomic E-state index is -0.432. The number of aromatic nitrogens is 4. The Morgan fingerprint density at radius 2 is 1.82 bits per heavy atom. The van der Waals surface area contributed by atoms with Gasteiger partial charge in [-0.15, -0.1) is 5.10 Å². The number of hydrogen-bond donors (Lipinski definition) is 2. The third-order valence-electron chi connectivity index (χ3n) is 4.22. The number of aryl methyl sites for hydroxylation is 2. The van der Waals surface area contributed by atoms with Crippen molar-refractivity contribution in [3.8, 4) is 0 Å². The predicted octanol–water partition coefficient (Wildman–Crippen LogP) is 3.11. The number of carbonyl (C=O) groups excluding carboxylic acids is 1. The molecule has 0 radical (unpaired) electrons. The Balaban J connectivity index is 1.61. The lowest BCUT2D eigenvalue weighted by molar-refractivity contribution is 0.102. The highest BCUT2D eigenvalue weighted by Crippen LogP contribution is 2.17. The molecule has 0 aliphatic heterocycles. The van der Waals surface area contributed by atoms with Crippen molar-refractivity contribution < 1.29 is 4.79 Å². The van der Waals surface area contributed by atoms with E-state index >= 15 is 0 Å². The highest BCUT2D eigenvalue weighted by Gasteiger charge is 2.14. The Morgan fingerprint density at radius 1 is 1.07 bits per heavy atom. The molecule has 0 unspecified atom stereocenters. The number of hydrogen-bond acceptors (Lipinski definition) is 4. The summed E-state index contributed by atoms with van der Waals surface area (Å²) >= 11 is 6.07. The quantitative estimate of drug-likeness (QED) is 0.545. The van der Waals surface area contributed by atoms with E-state index in [0.29, 0.717) is 22.8 Å². The smallest absolute Gasteiger partial charge is 0.258 e. The second-order valence-electron chi connectivity index (χ2n) is 6.20. The number of aromatic amines is 1. The summed E-state index contributed by atoms with van der Waals surface area (Å²) in [5.74, 6) is 0.630. The van der Waals surface area contributed by atoms with Crippen LogP contribution < -0.4 is 10.9 Å². The first kappa shape index (κ1) is 17.9. The Labute approximate surface area is 165 Å². The molecule has 4 rings (SSSR count). The van der Waals surface area contributed by atoms with Gasteiger partial charge in [0.15, 0.2) is 5.82 Å². The number of nitrogens with zero attached hydrogens (tertiary/aromatic N) is 3. The molecule has 0 aliphatic carbocycles. The molecule has 8 heteroatoms. The number of amides is 1. The number of benzene rings is 2. The molecule has 0 bridgehead atoms. The molecular weight excluding hydrogens is 378 g/mol. The van der Waals surface area contributed by atoms with E-state index in [2.05, 4.69) is 20.4 Å². The molecule has 7 nitrogen and oxygen atoms in total. The van der Waals surface area contributed by atoms with E-state index in [1.807, 2.05) is 30.3 Å². The van der Waals surface area contributed by atoms with Crippen LogP contribution in [0.4, 0.5) is 5.82 Å². The second kappa shape index (κ2) is 7.66. The summed E-state index contributed by atoms with van der Waals surface area (Å²) in [5, 5.41) is 7.44. The maximum Gasteiger partial charge on any atom is 0.258 e. The van der Waals surface area contributed by atoms with Gasteiger partial charge in [-0.05, 0) is 24.1 Å². The van der Waals surface area contributed by atoms with Crippen LogP contribution in [0.5, 0.6) is 0 Å². The van der Waals surface area contributed by atoms with Gasteiger partial charge in [0, 0.05) is 12.5 Å². The van der Waals surface area contributed by atoms with Gasteiger partial charge in [0.05, 0.1) is 10.6 Å². The summed E-state index contributed by atoms with van der Waals surface area (Å²) in [7, 11) is 0. The molecular formula is C20H16ClN5O2. The fourth-order valence-electron chi connectivity index (χ4n) is 2.86. The Bertz CT molecular complexity index is 1200. The van der Waals surface area contributed by atoms with Crippen LogP contribution in [-0.2, 0) is 12.8 Å². The van der Waals surface area contributed by atoms with Crippen molar-refractivity contribution in [2.45, 2.75) is 12.8 Å². The Hall–Kier alpha value is -3.45. The molecule has 0 saturated heterocycles. The van der Waals surface area contributed by atoms with Gasteiger partial charge in [-0.3, -0.25) is 14.6 Å². The third-order valence-corrected chi connectivity index (χ3v) is 4.55. The lowest BCUT2D eigenvalue weighted by Crippen LogP contribution is -2.19. The number of carbonyl (C=O) groups is 1. The number of anilines is 1. The van der Waals surface area contributed by atoms with Gasteiger partial charge >= 0.3 is 0 Å². The Morgan fingerprint density at radius 3 is 2.61 bits per heavy atom. The van der Waals surface area contributed by atoms with Gasteiger partial charge in [0.1, 0.15) is 5.82 Å². The molecule has 4 aromatic rings. The molecule has 0 saturated carbocycles. The normalized spacial score (nSPS) is 10.9. The largest absolute Gasteiger partial charge is 0.306 e. The minimum absolute atomic E-state index is 0.224. The zero-order valence-electron chi connectivity index (χ0n) is 14.7. The predicted molar refractivity (Wildman–Crippen MR) is 107 cm³/mol. The first-order valence-corrected chi connectivity index (χ1v) is 9.07. The van der Waals surface area contributed by atoms with E-state index in [-0.39, 0.29) is 17.2 Å². The third kappa shape index (κ3) is 3.79. The standard InChI is InChI=1S/C20H16ClN5O2/c21-15-9-5-4-8-14(15)19(28)23-17-12-18(27)24-20-22-16(25-26(17)20)11-10-13-6-2-1-3-7-13/h1-9,12H,10-11H2,(H,23,28)(H,22,24,25,27). The van der Waals surface area contributed by atoms with Crippen LogP contribution in [0.25, 0.3) is 5.78 Å². The first-order valence-electron chi connectivity index (χ1n) is 8.69. The van der Waals surface area contributed by atoms with Crippen molar-refractivity contribution in [1.82, 2.24) is 19.6 Å². The molecule has 1 amide bonds. The summed E-state index contributed by atoms with van der Waals surface area (Å²) in [6, 6.07) is 17.9. The van der Waals surface area contributed by atoms with Crippen LogP contribution in [0.15, 0.2) is 65.5 Å². The van der Waals surface area contributed by atoms with E-state index < -0.39 is 5.91 Å². The van der Waals surface area contributed by atoms with Crippen LogP contribution in [0.2, 0.25) is 5.02 Å². The summed E-state index contributed by atoms with van der Waals surface area (Å²) in [4.78, 5) is 31.5. The lowest BCUT2D eigenvalue weighted by atomic mass is 10.1. The zero-order valence-corrected chi connectivity index (χ0v) is 15.5. The molecule has 2 aromatic heterocycles. The fraction of sp³-hybridized carbons (Fsp3) is 0.100. The van der Waals surface area contributed by atoms with Gasteiger partial charge in [-0.25, -0.2) is 0 Å². The summed E-state index contributed by atoms with van der Waals surface area (Å²) in [5.41, 5.74) is 1.09. The monoisotopic (exact) mass is 393 g/mol. The minimum Gasteiger partial charge on any atom is -0.306 e. The molecule has 0 fully saturated rings. The van der Waals surface area contributed by atoms with Crippen LogP contribution >= 0.6 is 11.6 Å². The maximum atomic E-state index is 12.5. The van der Waals surface area contributed by atoms with Crippen LogP contribution in [0, 0.1) is 0 Å². The van der Waals surface area contributed by atoms with Crippen molar-refractivity contribution >= 4 is 29.1 Å². The maximum absolute atomic E-state index is 12.5. The van der Waals surface area contributed by atoms with E-state index in [1.54, 1.807) is 24.3 Å². The van der Waals surface area contributed by atoms with E-state index in [0.717, 1.165) is 6.42 Å². The number of nitrogens with one attached hydrogen (secondary N) is 2. The van der Waals surface area contributed by atoms with Gasteiger partial charge < -0.3 is 5.32 Å². The fourth-order valence-corrected chi connectivity index (χ4v) is 3.08. The van der Waals surface area contributed by atoms with Crippen molar-refractivity contribution in [3.05, 3.63) is 93.0 Å². The molecule has 2 aromatic carbocycles. The van der Waals surface area contributed by atoms with Crippen molar-refractivity contribution in [1.29, 1.82) is 0 Å². The average Bonchev–Trinajstić information content (AvgIpc) is 3.10.